The van der Waals surface area contributed by atoms with Crippen LogP contribution in [0.4, 0.5) is 4.39 Å². The van der Waals surface area contributed by atoms with Crippen molar-refractivity contribution in [3.05, 3.63) is 77.6 Å². The number of aliphatic hydroxyl groups excluding tert-OH is 1. The molecule has 4 nitrogen and oxygen atoms in total. The Bertz CT molecular complexity index is 802. The number of hydrogen-bond donors (Lipinski definition) is 2. The summed E-state index contributed by atoms with van der Waals surface area (Å²) in [6.07, 6.45) is 2.70. The minimum atomic E-state index is -0.604. The van der Waals surface area contributed by atoms with Gasteiger partial charge in [0.15, 0.2) is 0 Å². The average Bonchev–Trinajstić information content (AvgIpc) is 3.06. The molecule has 0 aliphatic carbocycles. The molecule has 0 aliphatic rings. The molecule has 24 heavy (non-hydrogen) atoms. The van der Waals surface area contributed by atoms with Gasteiger partial charge in [-0.2, -0.15) is 0 Å². The lowest BCUT2D eigenvalue weighted by Crippen LogP contribution is -2.20. The van der Waals surface area contributed by atoms with Gasteiger partial charge < -0.3 is 14.8 Å². The van der Waals surface area contributed by atoms with Crippen LogP contribution in [0.2, 0.25) is 0 Å². The Balaban J connectivity index is 1.60. The van der Waals surface area contributed by atoms with Gasteiger partial charge in [0, 0.05) is 24.5 Å². The number of halogens is 1. The second kappa shape index (κ2) is 7.38. The molecule has 0 fully saturated rings. The first-order valence-corrected chi connectivity index (χ1v) is 7.78. The monoisotopic (exact) mass is 326 g/mol. The summed E-state index contributed by atoms with van der Waals surface area (Å²) in [5, 5.41) is 13.2. The van der Waals surface area contributed by atoms with Gasteiger partial charge in [0.05, 0.1) is 12.6 Å². The van der Waals surface area contributed by atoms with Crippen LogP contribution in [0, 0.1) is 12.7 Å². The van der Waals surface area contributed by atoms with Crippen LogP contribution in [0.15, 0.2) is 59.3 Å². The van der Waals surface area contributed by atoms with Gasteiger partial charge in [-0.05, 0) is 48.4 Å². The van der Waals surface area contributed by atoms with E-state index < -0.39 is 6.10 Å². The second-order valence-electron chi connectivity index (χ2n) is 5.61. The molecule has 0 spiro atoms. The maximum Gasteiger partial charge on any atom is 0.134 e. The van der Waals surface area contributed by atoms with E-state index in [1.54, 1.807) is 37.5 Å². The van der Waals surface area contributed by atoms with Gasteiger partial charge in [-0.25, -0.2) is 4.39 Å². The van der Waals surface area contributed by atoms with Crippen molar-refractivity contribution >= 4 is 0 Å². The molecule has 124 valence electrons. The molecule has 2 N–H and O–H groups in total. The summed E-state index contributed by atoms with van der Waals surface area (Å²) in [6, 6.07) is 12.2. The van der Waals surface area contributed by atoms with Crippen LogP contribution in [0.3, 0.4) is 0 Å². The summed E-state index contributed by atoms with van der Waals surface area (Å²) in [5.74, 6) is 1.12. The lowest BCUT2D eigenvalue weighted by atomic mass is 10.1. The van der Waals surface area contributed by atoms with E-state index >= 15 is 0 Å². The molecule has 0 aliphatic heterocycles. The number of rotatable bonds is 6. The minimum Gasteiger partial charge on any atom is -0.460 e. The summed E-state index contributed by atoms with van der Waals surface area (Å²) in [5.41, 5.74) is 2.13. The van der Waals surface area contributed by atoms with Crippen LogP contribution in [-0.4, -0.2) is 16.6 Å². The van der Waals surface area contributed by atoms with Crippen LogP contribution in [0.1, 0.15) is 23.0 Å². The predicted molar refractivity (Wildman–Crippen MR) is 89.7 cm³/mol. The summed E-state index contributed by atoms with van der Waals surface area (Å²) in [7, 11) is 0. The van der Waals surface area contributed by atoms with Crippen molar-refractivity contribution in [2.45, 2.75) is 19.6 Å². The molecule has 3 aromatic rings. The molecule has 3 rings (SSSR count). The van der Waals surface area contributed by atoms with E-state index in [9.17, 15) is 9.50 Å². The number of nitrogens with zero attached hydrogens (tertiary/aromatic N) is 1. The van der Waals surface area contributed by atoms with Crippen molar-refractivity contribution in [2.24, 2.45) is 0 Å². The Labute approximate surface area is 140 Å². The number of nitrogens with one attached hydrogen (secondary N) is 1. The molecular weight excluding hydrogens is 307 g/mol. The third-order valence-corrected chi connectivity index (χ3v) is 3.92. The van der Waals surface area contributed by atoms with Gasteiger partial charge in [-0.1, -0.05) is 12.1 Å². The lowest BCUT2D eigenvalue weighted by molar-refractivity contribution is 0.173. The summed E-state index contributed by atoms with van der Waals surface area (Å²) >= 11 is 0. The minimum absolute atomic E-state index is 0.246. The third kappa shape index (κ3) is 3.69. The van der Waals surface area contributed by atoms with Crippen molar-refractivity contribution < 1.29 is 13.9 Å². The molecule has 0 bridgehead atoms. The zero-order valence-electron chi connectivity index (χ0n) is 13.4. The fourth-order valence-corrected chi connectivity index (χ4v) is 2.53. The van der Waals surface area contributed by atoms with E-state index in [-0.39, 0.29) is 5.82 Å². The van der Waals surface area contributed by atoms with Crippen molar-refractivity contribution in [3.8, 4) is 11.3 Å². The van der Waals surface area contributed by atoms with Gasteiger partial charge in [0.25, 0.3) is 0 Å². The average molecular weight is 326 g/mol. The SMILES string of the molecule is Cc1c(F)cccc1-c1ccc(CNCC(O)c2ccncc2)o1. The molecule has 2 heterocycles. The van der Waals surface area contributed by atoms with Crippen molar-refractivity contribution in [1.82, 2.24) is 10.3 Å². The standard InChI is InChI=1S/C19H19FN2O2/c1-13-16(3-2-4-17(13)20)19-6-5-15(24-19)11-22-12-18(23)14-7-9-21-10-8-14/h2-10,18,22-23H,11-12H2,1H3. The molecule has 1 unspecified atom stereocenters. The smallest absolute Gasteiger partial charge is 0.134 e. The Morgan fingerprint density at radius 1 is 1.17 bits per heavy atom. The fourth-order valence-electron chi connectivity index (χ4n) is 2.53. The first kappa shape index (κ1) is 16.4. The normalized spacial score (nSPS) is 12.3. The summed E-state index contributed by atoms with van der Waals surface area (Å²) < 4.78 is 19.4. The van der Waals surface area contributed by atoms with E-state index in [1.807, 2.05) is 18.2 Å². The largest absolute Gasteiger partial charge is 0.460 e. The number of aliphatic hydroxyl groups is 1. The third-order valence-electron chi connectivity index (χ3n) is 3.92. The van der Waals surface area contributed by atoms with E-state index in [0.29, 0.717) is 24.4 Å². The van der Waals surface area contributed by atoms with Crippen LogP contribution >= 0.6 is 0 Å². The summed E-state index contributed by atoms with van der Waals surface area (Å²) in [6.45, 7) is 2.62. The van der Waals surface area contributed by atoms with Gasteiger partial charge in [0.2, 0.25) is 0 Å². The zero-order chi connectivity index (χ0) is 16.9. The zero-order valence-corrected chi connectivity index (χ0v) is 13.4. The molecule has 1 atom stereocenters. The van der Waals surface area contributed by atoms with Gasteiger partial charge in [-0.3, -0.25) is 4.98 Å². The molecule has 0 saturated carbocycles. The molecular formula is C19H19FN2O2. The first-order valence-electron chi connectivity index (χ1n) is 7.78. The molecule has 0 saturated heterocycles. The number of benzene rings is 1. The number of pyridine rings is 1. The topological polar surface area (TPSA) is 58.3 Å². The van der Waals surface area contributed by atoms with Crippen LogP contribution in [0.5, 0.6) is 0 Å². The predicted octanol–water partition coefficient (Wildman–Crippen LogP) is 3.61. The second-order valence-corrected chi connectivity index (χ2v) is 5.61. The Kier molecular flexibility index (Phi) is 5.03. The quantitative estimate of drug-likeness (QED) is 0.726. The van der Waals surface area contributed by atoms with E-state index in [1.165, 1.54) is 6.07 Å². The fraction of sp³-hybridized carbons (Fsp3) is 0.211. The lowest BCUT2D eigenvalue weighted by Gasteiger charge is -2.11. The van der Waals surface area contributed by atoms with Gasteiger partial charge in [0.1, 0.15) is 17.3 Å². The highest BCUT2D eigenvalue weighted by Crippen LogP contribution is 2.27. The Morgan fingerprint density at radius 2 is 1.96 bits per heavy atom. The van der Waals surface area contributed by atoms with Crippen molar-refractivity contribution in [1.29, 1.82) is 0 Å². The highest BCUT2D eigenvalue weighted by atomic mass is 19.1. The van der Waals surface area contributed by atoms with Gasteiger partial charge >= 0.3 is 0 Å². The molecule has 0 radical (unpaired) electrons. The highest BCUT2D eigenvalue weighted by Gasteiger charge is 2.11. The van der Waals surface area contributed by atoms with Crippen LogP contribution in [-0.2, 0) is 6.54 Å². The van der Waals surface area contributed by atoms with Crippen LogP contribution in [0.25, 0.3) is 11.3 Å². The maximum absolute atomic E-state index is 13.6. The first-order chi connectivity index (χ1) is 11.6. The van der Waals surface area contributed by atoms with Crippen molar-refractivity contribution in [2.75, 3.05) is 6.54 Å². The van der Waals surface area contributed by atoms with E-state index in [0.717, 1.165) is 16.9 Å². The van der Waals surface area contributed by atoms with Crippen molar-refractivity contribution in [3.63, 3.8) is 0 Å². The Hall–Kier alpha value is -2.50. The van der Waals surface area contributed by atoms with E-state index in [2.05, 4.69) is 10.3 Å². The molecule has 0 amide bonds. The van der Waals surface area contributed by atoms with Crippen LogP contribution < -0.4 is 5.32 Å². The molecule has 1 aromatic carbocycles. The van der Waals surface area contributed by atoms with Gasteiger partial charge in [-0.15, -0.1) is 0 Å². The number of hydrogen-bond acceptors (Lipinski definition) is 4. The molecule has 5 heteroatoms. The summed E-state index contributed by atoms with van der Waals surface area (Å²) in [4.78, 5) is 3.93. The molecule has 2 aromatic heterocycles. The number of furan rings is 1. The maximum atomic E-state index is 13.6. The highest BCUT2D eigenvalue weighted by molar-refractivity contribution is 5.62. The van der Waals surface area contributed by atoms with E-state index in [4.69, 9.17) is 4.42 Å². The number of aromatic nitrogens is 1. The Morgan fingerprint density at radius 3 is 2.75 bits per heavy atom.